The number of aromatic nitrogens is 2. The second-order valence-electron chi connectivity index (χ2n) is 1.83. The normalized spacial score (nSPS) is 10.0. The molecule has 9 heavy (non-hydrogen) atoms. The molecule has 0 aliphatic rings. The summed E-state index contributed by atoms with van der Waals surface area (Å²) in [5.74, 6) is 0.861. The molecule has 0 saturated carbocycles. The van der Waals surface area contributed by atoms with Gasteiger partial charge in [-0.15, -0.1) is 0 Å². The molecule has 3 N–H and O–H groups in total. The van der Waals surface area contributed by atoms with Crippen LogP contribution in [-0.2, 0) is 6.54 Å². The lowest BCUT2D eigenvalue weighted by atomic mass is 10.5. The van der Waals surface area contributed by atoms with Crippen molar-refractivity contribution in [2.45, 2.75) is 13.5 Å². The van der Waals surface area contributed by atoms with Gasteiger partial charge in [-0.3, -0.25) is 0 Å². The molecular formula is C5H9N3O. The Morgan fingerprint density at radius 3 is 3.11 bits per heavy atom. The molecule has 1 rings (SSSR count). The van der Waals surface area contributed by atoms with Gasteiger partial charge < -0.3 is 10.2 Å². The predicted molar refractivity (Wildman–Crippen MR) is 32.0 cm³/mol. The summed E-state index contributed by atoms with van der Waals surface area (Å²) in [6.45, 7) is 2.28. The van der Waals surface area contributed by atoms with Gasteiger partial charge in [-0.05, 0) is 6.92 Å². The van der Waals surface area contributed by atoms with Crippen LogP contribution in [0.15, 0.2) is 6.20 Å². The summed E-state index contributed by atoms with van der Waals surface area (Å²) < 4.78 is 0. The highest BCUT2D eigenvalue weighted by atomic mass is 16.5. The largest absolute Gasteiger partial charge is 0.345 e. The smallest absolute Gasteiger partial charge is 0.103 e. The molecule has 0 amide bonds. The van der Waals surface area contributed by atoms with Gasteiger partial charge in [0.1, 0.15) is 5.82 Å². The maximum absolute atomic E-state index is 8.23. The molecule has 4 heteroatoms. The van der Waals surface area contributed by atoms with Crippen LogP contribution >= 0.6 is 0 Å². The Morgan fingerprint density at radius 1 is 1.89 bits per heavy atom. The van der Waals surface area contributed by atoms with Crippen LogP contribution < -0.4 is 5.48 Å². The molecule has 50 valence electrons. The van der Waals surface area contributed by atoms with Crippen molar-refractivity contribution in [3.8, 4) is 0 Å². The van der Waals surface area contributed by atoms with Gasteiger partial charge in [0.15, 0.2) is 0 Å². The lowest BCUT2D eigenvalue weighted by Gasteiger charge is -1.89. The molecule has 0 saturated heterocycles. The zero-order valence-electron chi connectivity index (χ0n) is 5.18. The first-order valence-electron chi connectivity index (χ1n) is 2.70. The molecule has 0 unspecified atom stereocenters. The van der Waals surface area contributed by atoms with E-state index in [1.165, 1.54) is 0 Å². The zero-order chi connectivity index (χ0) is 6.69. The van der Waals surface area contributed by atoms with Gasteiger partial charge in [0.2, 0.25) is 0 Å². The van der Waals surface area contributed by atoms with E-state index in [0.29, 0.717) is 6.54 Å². The van der Waals surface area contributed by atoms with Gasteiger partial charge in [-0.2, -0.15) is 5.48 Å². The summed E-state index contributed by atoms with van der Waals surface area (Å²) in [6.07, 6.45) is 1.68. The minimum atomic E-state index is 0.418. The lowest BCUT2D eigenvalue weighted by Crippen LogP contribution is -2.05. The van der Waals surface area contributed by atoms with E-state index in [1.54, 1.807) is 6.20 Å². The first-order valence-corrected chi connectivity index (χ1v) is 2.70. The molecule has 0 spiro atoms. The van der Waals surface area contributed by atoms with E-state index < -0.39 is 0 Å². The van der Waals surface area contributed by atoms with Crippen LogP contribution in [0.4, 0.5) is 0 Å². The number of hydroxylamine groups is 1. The number of nitrogens with zero attached hydrogens (tertiary/aromatic N) is 1. The van der Waals surface area contributed by atoms with Crippen molar-refractivity contribution < 1.29 is 5.21 Å². The summed E-state index contributed by atoms with van der Waals surface area (Å²) >= 11 is 0. The SMILES string of the molecule is Cc1ncc(CNO)[nH]1. The van der Waals surface area contributed by atoms with Gasteiger partial charge >= 0.3 is 0 Å². The highest BCUT2D eigenvalue weighted by Gasteiger charge is 1.92. The van der Waals surface area contributed by atoms with Crippen LogP contribution in [0.5, 0.6) is 0 Å². The average Bonchev–Trinajstić information content (AvgIpc) is 2.17. The van der Waals surface area contributed by atoms with Crippen molar-refractivity contribution in [3.63, 3.8) is 0 Å². The number of aromatic amines is 1. The van der Waals surface area contributed by atoms with E-state index in [9.17, 15) is 0 Å². The fourth-order valence-electron chi connectivity index (χ4n) is 0.647. The summed E-state index contributed by atoms with van der Waals surface area (Å²) in [4.78, 5) is 6.87. The topological polar surface area (TPSA) is 60.9 Å². The maximum atomic E-state index is 8.23. The van der Waals surface area contributed by atoms with Crippen molar-refractivity contribution in [2.24, 2.45) is 0 Å². The number of hydrogen-bond acceptors (Lipinski definition) is 3. The van der Waals surface area contributed by atoms with Crippen LogP contribution in [-0.4, -0.2) is 15.2 Å². The van der Waals surface area contributed by atoms with Crippen LogP contribution in [0.1, 0.15) is 11.5 Å². The Morgan fingerprint density at radius 2 is 2.67 bits per heavy atom. The Balaban J connectivity index is 2.61. The third-order valence-corrected chi connectivity index (χ3v) is 1.03. The summed E-state index contributed by atoms with van der Waals surface area (Å²) in [5, 5.41) is 8.23. The van der Waals surface area contributed by atoms with Crippen molar-refractivity contribution in [3.05, 3.63) is 17.7 Å². The number of imidazole rings is 1. The Hall–Kier alpha value is -0.870. The molecule has 4 nitrogen and oxygen atoms in total. The third kappa shape index (κ3) is 1.51. The molecule has 0 bridgehead atoms. The van der Waals surface area contributed by atoms with E-state index in [-0.39, 0.29) is 0 Å². The van der Waals surface area contributed by atoms with Crippen molar-refractivity contribution in [2.75, 3.05) is 0 Å². The molecule has 1 aromatic rings. The number of rotatable bonds is 2. The number of hydrogen-bond donors (Lipinski definition) is 3. The van der Waals surface area contributed by atoms with E-state index >= 15 is 0 Å². The first-order chi connectivity index (χ1) is 4.33. The van der Waals surface area contributed by atoms with E-state index in [4.69, 9.17) is 5.21 Å². The second-order valence-corrected chi connectivity index (χ2v) is 1.83. The standard InChI is InChI=1S/C5H9N3O/c1-4-6-2-5(8-4)3-7-9/h2,7,9H,3H2,1H3,(H,6,8). The van der Waals surface area contributed by atoms with Crippen molar-refractivity contribution >= 4 is 0 Å². The number of aryl methyl sites for hydroxylation is 1. The maximum Gasteiger partial charge on any atom is 0.103 e. The van der Waals surface area contributed by atoms with Gasteiger partial charge in [0.25, 0.3) is 0 Å². The average molecular weight is 127 g/mol. The van der Waals surface area contributed by atoms with Crippen LogP contribution in [0, 0.1) is 6.92 Å². The molecule has 0 aromatic carbocycles. The summed E-state index contributed by atoms with van der Waals surface area (Å²) in [5.41, 5.74) is 2.91. The Labute approximate surface area is 52.9 Å². The Kier molecular flexibility index (Phi) is 1.81. The molecule has 0 fully saturated rings. The minimum absolute atomic E-state index is 0.418. The van der Waals surface area contributed by atoms with Crippen LogP contribution in [0.2, 0.25) is 0 Å². The molecule has 0 aliphatic carbocycles. The van der Waals surface area contributed by atoms with E-state index in [0.717, 1.165) is 11.5 Å². The fourth-order valence-corrected chi connectivity index (χ4v) is 0.647. The van der Waals surface area contributed by atoms with Gasteiger partial charge in [-0.1, -0.05) is 0 Å². The summed E-state index contributed by atoms with van der Waals surface area (Å²) in [7, 11) is 0. The molecule has 0 aliphatic heterocycles. The fraction of sp³-hybridized carbons (Fsp3) is 0.400. The highest BCUT2D eigenvalue weighted by molar-refractivity contribution is 4.98. The molecule has 0 radical (unpaired) electrons. The second kappa shape index (κ2) is 2.61. The first kappa shape index (κ1) is 6.25. The molecule has 1 aromatic heterocycles. The van der Waals surface area contributed by atoms with Gasteiger partial charge in [-0.25, -0.2) is 4.98 Å². The molecule has 1 heterocycles. The monoisotopic (exact) mass is 127 g/mol. The lowest BCUT2D eigenvalue weighted by molar-refractivity contribution is 0.160. The van der Waals surface area contributed by atoms with E-state index in [1.807, 2.05) is 12.4 Å². The van der Waals surface area contributed by atoms with Gasteiger partial charge in [0, 0.05) is 6.20 Å². The van der Waals surface area contributed by atoms with Crippen LogP contribution in [0.3, 0.4) is 0 Å². The van der Waals surface area contributed by atoms with Crippen molar-refractivity contribution in [1.82, 2.24) is 15.4 Å². The van der Waals surface area contributed by atoms with Crippen LogP contribution in [0.25, 0.3) is 0 Å². The predicted octanol–water partition coefficient (Wildman–Crippen LogP) is 0.197. The quantitative estimate of drug-likeness (QED) is 0.497. The molecule has 0 atom stereocenters. The zero-order valence-corrected chi connectivity index (χ0v) is 5.18. The Bertz CT molecular complexity index is 184. The third-order valence-electron chi connectivity index (χ3n) is 1.03. The molecular weight excluding hydrogens is 118 g/mol. The van der Waals surface area contributed by atoms with Crippen molar-refractivity contribution in [1.29, 1.82) is 0 Å². The highest BCUT2D eigenvalue weighted by Crippen LogP contribution is 1.92. The summed E-state index contributed by atoms with van der Waals surface area (Å²) in [6, 6.07) is 0. The van der Waals surface area contributed by atoms with Gasteiger partial charge in [0.05, 0.1) is 12.2 Å². The number of H-pyrrole nitrogens is 1. The van der Waals surface area contributed by atoms with E-state index in [2.05, 4.69) is 9.97 Å². The minimum Gasteiger partial charge on any atom is -0.345 e. The number of nitrogens with one attached hydrogen (secondary N) is 2.